The molecule has 5 nitrogen and oxygen atoms in total. The Morgan fingerprint density at radius 3 is 2.73 bits per heavy atom. The van der Waals surface area contributed by atoms with Gasteiger partial charge in [0.25, 0.3) is 11.1 Å². The van der Waals surface area contributed by atoms with Gasteiger partial charge in [-0.3, -0.25) is 14.5 Å². The molecule has 8 heteroatoms. The second-order valence-corrected chi connectivity index (χ2v) is 6.80. The molecule has 1 saturated heterocycles. The summed E-state index contributed by atoms with van der Waals surface area (Å²) in [7, 11) is 1.42. The lowest BCUT2D eigenvalue weighted by atomic mass is 10.1. The lowest BCUT2D eigenvalue weighted by Gasteiger charge is -2.14. The lowest BCUT2D eigenvalue weighted by Crippen LogP contribution is -2.28. The van der Waals surface area contributed by atoms with Crippen LogP contribution < -0.4 is 4.74 Å². The summed E-state index contributed by atoms with van der Waals surface area (Å²) < 4.78 is 18.9. The molecule has 1 N–H and O–H groups in total. The van der Waals surface area contributed by atoms with Gasteiger partial charge in [0, 0.05) is 10.6 Å². The molecule has 2 amide bonds. The summed E-state index contributed by atoms with van der Waals surface area (Å²) in [4.78, 5) is 25.8. The molecule has 26 heavy (non-hydrogen) atoms. The molecule has 0 saturated carbocycles. The summed E-state index contributed by atoms with van der Waals surface area (Å²) in [6, 6.07) is 8.77. The first-order valence-corrected chi connectivity index (χ1v) is 8.65. The fourth-order valence-corrected chi connectivity index (χ4v) is 3.49. The number of aromatic hydroxyl groups is 1. The Morgan fingerprint density at radius 2 is 2.08 bits per heavy atom. The molecular weight excluding hydrogens is 381 g/mol. The van der Waals surface area contributed by atoms with Gasteiger partial charge in [-0.15, -0.1) is 0 Å². The van der Waals surface area contributed by atoms with E-state index in [-0.39, 0.29) is 27.8 Å². The highest BCUT2D eigenvalue weighted by Gasteiger charge is 2.35. The van der Waals surface area contributed by atoms with Gasteiger partial charge in [0.1, 0.15) is 5.82 Å². The number of ether oxygens (including phenoxy) is 1. The number of nitrogens with zero attached hydrogens (tertiary/aromatic N) is 1. The SMILES string of the molecule is COc1ccc(/C=C2\SC(=O)N(Cc3c(F)cccc3Cl)C2=O)cc1O. The number of imide groups is 1. The van der Waals surface area contributed by atoms with Crippen LogP contribution in [0.25, 0.3) is 6.08 Å². The molecule has 0 bridgehead atoms. The molecule has 1 aliphatic heterocycles. The monoisotopic (exact) mass is 393 g/mol. The molecule has 0 unspecified atom stereocenters. The quantitative estimate of drug-likeness (QED) is 0.778. The number of thioether (sulfide) groups is 1. The van der Waals surface area contributed by atoms with Crippen LogP contribution in [0.3, 0.4) is 0 Å². The minimum absolute atomic E-state index is 0.0832. The van der Waals surface area contributed by atoms with E-state index in [1.54, 1.807) is 12.1 Å². The molecule has 0 aliphatic carbocycles. The van der Waals surface area contributed by atoms with Crippen molar-refractivity contribution in [2.45, 2.75) is 6.54 Å². The summed E-state index contributed by atoms with van der Waals surface area (Å²) in [5, 5.41) is 9.44. The number of halogens is 2. The number of methoxy groups -OCH3 is 1. The smallest absolute Gasteiger partial charge is 0.293 e. The van der Waals surface area contributed by atoms with Crippen LogP contribution in [0.1, 0.15) is 11.1 Å². The maximum atomic E-state index is 13.9. The van der Waals surface area contributed by atoms with Gasteiger partial charge in [-0.05, 0) is 47.7 Å². The molecule has 0 spiro atoms. The first kappa shape index (κ1) is 18.3. The average molecular weight is 394 g/mol. The first-order valence-electron chi connectivity index (χ1n) is 7.46. The highest BCUT2D eigenvalue weighted by Crippen LogP contribution is 2.35. The van der Waals surface area contributed by atoms with Gasteiger partial charge < -0.3 is 9.84 Å². The van der Waals surface area contributed by atoms with Crippen LogP contribution in [-0.4, -0.2) is 28.3 Å². The zero-order valence-electron chi connectivity index (χ0n) is 13.5. The fourth-order valence-electron chi connectivity index (χ4n) is 2.43. The topological polar surface area (TPSA) is 66.8 Å². The fraction of sp³-hybridized carbons (Fsp3) is 0.111. The Bertz CT molecular complexity index is 911. The highest BCUT2D eigenvalue weighted by molar-refractivity contribution is 8.18. The van der Waals surface area contributed by atoms with E-state index in [0.717, 1.165) is 16.7 Å². The molecule has 2 aromatic carbocycles. The van der Waals surface area contributed by atoms with Crippen LogP contribution in [0, 0.1) is 5.82 Å². The minimum Gasteiger partial charge on any atom is -0.504 e. The van der Waals surface area contributed by atoms with E-state index in [0.29, 0.717) is 11.3 Å². The predicted octanol–water partition coefficient (Wildman–Crippen LogP) is 4.43. The van der Waals surface area contributed by atoms with Crippen LogP contribution in [0.15, 0.2) is 41.3 Å². The van der Waals surface area contributed by atoms with E-state index < -0.39 is 17.0 Å². The van der Waals surface area contributed by atoms with Crippen molar-refractivity contribution in [3.05, 3.63) is 63.3 Å². The number of rotatable bonds is 4. The number of amides is 2. The zero-order valence-corrected chi connectivity index (χ0v) is 15.1. The minimum atomic E-state index is -0.583. The van der Waals surface area contributed by atoms with E-state index >= 15 is 0 Å². The number of benzene rings is 2. The third kappa shape index (κ3) is 3.54. The number of hydrogen-bond donors (Lipinski definition) is 1. The van der Waals surface area contributed by atoms with Gasteiger partial charge in [-0.2, -0.15) is 0 Å². The van der Waals surface area contributed by atoms with Crippen LogP contribution in [0.4, 0.5) is 9.18 Å². The molecular formula is C18H13ClFNO4S. The van der Waals surface area contributed by atoms with Crippen LogP contribution in [0.5, 0.6) is 11.5 Å². The van der Waals surface area contributed by atoms with Crippen molar-refractivity contribution in [1.82, 2.24) is 4.90 Å². The molecule has 0 atom stereocenters. The van der Waals surface area contributed by atoms with Crippen LogP contribution in [-0.2, 0) is 11.3 Å². The Morgan fingerprint density at radius 1 is 1.31 bits per heavy atom. The largest absolute Gasteiger partial charge is 0.504 e. The molecule has 0 radical (unpaired) electrons. The van der Waals surface area contributed by atoms with Crippen molar-refractivity contribution >= 4 is 40.6 Å². The normalized spacial score (nSPS) is 15.8. The molecule has 2 aromatic rings. The standard InChI is InChI=1S/C18H13ClFNO4S/c1-25-15-6-5-10(7-14(15)22)8-16-17(23)21(18(24)26-16)9-11-12(19)3-2-4-13(11)20/h2-8,22H,9H2,1H3/b16-8-. The van der Waals surface area contributed by atoms with Gasteiger partial charge >= 0.3 is 0 Å². The summed E-state index contributed by atoms with van der Waals surface area (Å²) >= 11 is 6.71. The van der Waals surface area contributed by atoms with E-state index in [4.69, 9.17) is 16.3 Å². The van der Waals surface area contributed by atoms with Crippen molar-refractivity contribution < 1.29 is 23.8 Å². The second kappa shape index (κ2) is 7.39. The average Bonchev–Trinajstić information content (AvgIpc) is 2.85. The maximum absolute atomic E-state index is 13.9. The van der Waals surface area contributed by atoms with E-state index in [2.05, 4.69) is 0 Å². The number of carbonyl (C=O) groups excluding carboxylic acids is 2. The van der Waals surface area contributed by atoms with Crippen molar-refractivity contribution in [2.75, 3.05) is 7.11 Å². The number of phenolic OH excluding ortho intramolecular Hbond substituents is 1. The van der Waals surface area contributed by atoms with Crippen molar-refractivity contribution in [3.8, 4) is 11.5 Å². The molecule has 134 valence electrons. The van der Waals surface area contributed by atoms with Gasteiger partial charge in [-0.1, -0.05) is 23.7 Å². The van der Waals surface area contributed by atoms with E-state index in [1.165, 1.54) is 37.5 Å². The van der Waals surface area contributed by atoms with Gasteiger partial charge in [-0.25, -0.2) is 4.39 Å². The second-order valence-electron chi connectivity index (χ2n) is 5.40. The van der Waals surface area contributed by atoms with Gasteiger partial charge in [0.15, 0.2) is 11.5 Å². The van der Waals surface area contributed by atoms with Gasteiger partial charge in [0.05, 0.1) is 18.6 Å². The third-order valence-corrected chi connectivity index (χ3v) is 5.01. The molecule has 1 fully saturated rings. The summed E-state index contributed by atoms with van der Waals surface area (Å²) in [5.74, 6) is -0.918. The van der Waals surface area contributed by atoms with Crippen molar-refractivity contribution in [2.24, 2.45) is 0 Å². The maximum Gasteiger partial charge on any atom is 0.293 e. The Balaban J connectivity index is 1.86. The molecule has 1 heterocycles. The predicted molar refractivity (Wildman–Crippen MR) is 97.6 cm³/mol. The van der Waals surface area contributed by atoms with Crippen LogP contribution in [0.2, 0.25) is 5.02 Å². The Labute approximate surface area is 158 Å². The first-order chi connectivity index (χ1) is 12.4. The van der Waals surface area contributed by atoms with Gasteiger partial charge in [0.2, 0.25) is 0 Å². The van der Waals surface area contributed by atoms with Crippen molar-refractivity contribution in [3.63, 3.8) is 0 Å². The molecule has 3 rings (SSSR count). The van der Waals surface area contributed by atoms with E-state index in [1.807, 2.05) is 0 Å². The number of carbonyl (C=O) groups is 2. The Hall–Kier alpha value is -2.51. The number of phenols is 1. The van der Waals surface area contributed by atoms with Crippen molar-refractivity contribution in [1.29, 1.82) is 0 Å². The highest BCUT2D eigenvalue weighted by atomic mass is 35.5. The zero-order chi connectivity index (χ0) is 18.8. The summed E-state index contributed by atoms with van der Waals surface area (Å²) in [5.41, 5.74) is 0.609. The molecule has 0 aromatic heterocycles. The lowest BCUT2D eigenvalue weighted by molar-refractivity contribution is -0.123. The summed E-state index contributed by atoms with van der Waals surface area (Å²) in [6.07, 6.45) is 1.48. The molecule has 1 aliphatic rings. The third-order valence-electron chi connectivity index (χ3n) is 3.75. The number of hydrogen-bond acceptors (Lipinski definition) is 5. The van der Waals surface area contributed by atoms with Crippen LogP contribution >= 0.6 is 23.4 Å². The summed E-state index contributed by atoms with van der Waals surface area (Å²) in [6.45, 7) is -0.249. The van der Waals surface area contributed by atoms with E-state index in [9.17, 15) is 19.1 Å². The Kier molecular flexibility index (Phi) is 5.20.